The average Bonchev–Trinajstić information content (AvgIpc) is 2.67. The van der Waals surface area contributed by atoms with Gasteiger partial charge in [0.2, 0.25) is 0 Å². The molecule has 0 saturated heterocycles. The SMILES string of the molecule is CCOC(=O)c1cccc(Nc2ncnc(Nc3cccnc3Cl)c2N)c1. The van der Waals surface area contributed by atoms with Crippen LogP contribution in [0.4, 0.5) is 28.7 Å². The second-order valence-electron chi connectivity index (χ2n) is 5.38. The number of halogens is 1. The van der Waals surface area contributed by atoms with Gasteiger partial charge in [-0.25, -0.2) is 19.7 Å². The van der Waals surface area contributed by atoms with Gasteiger partial charge in [-0.3, -0.25) is 0 Å². The van der Waals surface area contributed by atoms with E-state index < -0.39 is 5.97 Å². The highest BCUT2D eigenvalue weighted by molar-refractivity contribution is 6.32. The third kappa shape index (κ3) is 4.42. The fourth-order valence-corrected chi connectivity index (χ4v) is 2.44. The first-order chi connectivity index (χ1) is 13.1. The van der Waals surface area contributed by atoms with Gasteiger partial charge in [-0.2, -0.15) is 0 Å². The molecule has 4 N–H and O–H groups in total. The first-order valence-electron chi connectivity index (χ1n) is 8.10. The molecule has 0 atom stereocenters. The highest BCUT2D eigenvalue weighted by Gasteiger charge is 2.12. The van der Waals surface area contributed by atoms with Crippen molar-refractivity contribution in [1.82, 2.24) is 15.0 Å². The van der Waals surface area contributed by atoms with Crippen LogP contribution in [0, 0.1) is 0 Å². The molecule has 138 valence electrons. The Hall–Kier alpha value is -3.39. The topological polar surface area (TPSA) is 115 Å². The molecular formula is C18H17ClN6O2. The second kappa shape index (κ2) is 8.33. The lowest BCUT2D eigenvalue weighted by atomic mass is 10.2. The number of esters is 1. The van der Waals surface area contributed by atoms with Gasteiger partial charge < -0.3 is 21.1 Å². The van der Waals surface area contributed by atoms with Crippen LogP contribution >= 0.6 is 11.6 Å². The van der Waals surface area contributed by atoms with E-state index in [-0.39, 0.29) is 0 Å². The summed E-state index contributed by atoms with van der Waals surface area (Å²) in [5, 5.41) is 6.40. The van der Waals surface area contributed by atoms with E-state index in [2.05, 4.69) is 25.6 Å². The number of hydrogen-bond donors (Lipinski definition) is 3. The van der Waals surface area contributed by atoms with Crippen LogP contribution in [0.15, 0.2) is 48.9 Å². The van der Waals surface area contributed by atoms with E-state index in [1.54, 1.807) is 49.5 Å². The summed E-state index contributed by atoms with van der Waals surface area (Å²) < 4.78 is 5.01. The zero-order chi connectivity index (χ0) is 19.2. The van der Waals surface area contributed by atoms with Crippen molar-refractivity contribution in [3.63, 3.8) is 0 Å². The van der Waals surface area contributed by atoms with Crippen molar-refractivity contribution < 1.29 is 9.53 Å². The molecule has 0 aliphatic carbocycles. The van der Waals surface area contributed by atoms with E-state index in [9.17, 15) is 4.79 Å². The molecule has 0 radical (unpaired) electrons. The number of nitrogens with zero attached hydrogens (tertiary/aromatic N) is 3. The van der Waals surface area contributed by atoms with Crippen molar-refractivity contribution in [2.24, 2.45) is 0 Å². The molecule has 0 unspecified atom stereocenters. The van der Waals surface area contributed by atoms with Crippen LogP contribution in [0.5, 0.6) is 0 Å². The molecule has 0 fully saturated rings. The standard InChI is InChI=1S/C18H17ClN6O2/c1-2-27-18(26)11-5-3-6-12(9-11)24-16-14(20)17(23-10-22-16)25-13-7-4-8-21-15(13)19/h3-10H,2,20H2,1H3,(H2,22,23,24,25). The molecule has 0 aliphatic heterocycles. The van der Waals surface area contributed by atoms with Crippen LogP contribution in [-0.2, 0) is 4.74 Å². The van der Waals surface area contributed by atoms with Gasteiger partial charge in [-0.1, -0.05) is 17.7 Å². The van der Waals surface area contributed by atoms with E-state index in [0.717, 1.165) is 0 Å². The third-order valence-electron chi connectivity index (χ3n) is 3.53. The highest BCUT2D eigenvalue weighted by Crippen LogP contribution is 2.30. The molecule has 3 rings (SSSR count). The van der Waals surface area contributed by atoms with Crippen molar-refractivity contribution in [1.29, 1.82) is 0 Å². The summed E-state index contributed by atoms with van der Waals surface area (Å²) in [6.45, 7) is 2.06. The number of rotatable bonds is 6. The number of carbonyl (C=O) groups is 1. The monoisotopic (exact) mass is 384 g/mol. The van der Waals surface area contributed by atoms with Crippen molar-refractivity contribution in [2.75, 3.05) is 23.0 Å². The summed E-state index contributed by atoms with van der Waals surface area (Å²) in [7, 11) is 0. The summed E-state index contributed by atoms with van der Waals surface area (Å²) in [5.74, 6) is 0.364. The lowest BCUT2D eigenvalue weighted by Gasteiger charge is -2.13. The Morgan fingerprint density at radius 3 is 2.67 bits per heavy atom. The number of ether oxygens (including phenoxy) is 1. The fraction of sp³-hybridized carbons (Fsp3) is 0.111. The van der Waals surface area contributed by atoms with E-state index >= 15 is 0 Å². The van der Waals surface area contributed by atoms with Crippen molar-refractivity contribution in [3.05, 3.63) is 59.6 Å². The summed E-state index contributed by atoms with van der Waals surface area (Å²) >= 11 is 6.05. The molecule has 27 heavy (non-hydrogen) atoms. The largest absolute Gasteiger partial charge is 0.462 e. The van der Waals surface area contributed by atoms with Gasteiger partial charge >= 0.3 is 5.97 Å². The Kier molecular flexibility index (Phi) is 5.68. The van der Waals surface area contributed by atoms with E-state index in [4.69, 9.17) is 22.1 Å². The molecule has 0 amide bonds. The number of aromatic nitrogens is 3. The highest BCUT2D eigenvalue weighted by atomic mass is 35.5. The van der Waals surface area contributed by atoms with Crippen molar-refractivity contribution in [2.45, 2.75) is 6.92 Å². The molecule has 2 aromatic heterocycles. The molecule has 0 bridgehead atoms. The number of nitrogens with one attached hydrogen (secondary N) is 2. The predicted octanol–water partition coefficient (Wildman–Crippen LogP) is 3.77. The minimum absolute atomic E-state index is 0.291. The minimum Gasteiger partial charge on any atom is -0.462 e. The molecule has 9 heteroatoms. The summed E-state index contributed by atoms with van der Waals surface area (Å²) in [5.41, 5.74) is 8.09. The average molecular weight is 385 g/mol. The Labute approximate surface area is 160 Å². The molecular weight excluding hydrogens is 368 g/mol. The summed E-state index contributed by atoms with van der Waals surface area (Å²) in [6.07, 6.45) is 2.95. The molecule has 0 aliphatic rings. The van der Waals surface area contributed by atoms with Crippen LogP contribution in [0.2, 0.25) is 5.15 Å². The fourth-order valence-electron chi connectivity index (χ4n) is 2.28. The van der Waals surface area contributed by atoms with Crippen LogP contribution in [0.1, 0.15) is 17.3 Å². The van der Waals surface area contributed by atoms with Gasteiger partial charge in [-0.05, 0) is 37.3 Å². The van der Waals surface area contributed by atoms with Gasteiger partial charge in [0.15, 0.2) is 16.8 Å². The van der Waals surface area contributed by atoms with E-state index in [0.29, 0.717) is 46.0 Å². The predicted molar refractivity (Wildman–Crippen MR) is 105 cm³/mol. The van der Waals surface area contributed by atoms with Gasteiger partial charge in [0.1, 0.15) is 12.0 Å². The van der Waals surface area contributed by atoms with Gasteiger partial charge in [0.05, 0.1) is 17.9 Å². The molecule has 8 nitrogen and oxygen atoms in total. The minimum atomic E-state index is -0.398. The first kappa shape index (κ1) is 18.4. The summed E-state index contributed by atoms with van der Waals surface area (Å²) in [6, 6.07) is 10.4. The number of nitrogen functional groups attached to an aromatic ring is 1. The zero-order valence-corrected chi connectivity index (χ0v) is 15.2. The smallest absolute Gasteiger partial charge is 0.338 e. The molecule has 0 spiro atoms. The van der Waals surface area contributed by atoms with E-state index in [1.165, 1.54) is 6.33 Å². The third-order valence-corrected chi connectivity index (χ3v) is 3.83. The molecule has 0 saturated carbocycles. The number of benzene rings is 1. The van der Waals surface area contributed by atoms with Gasteiger partial charge in [0.25, 0.3) is 0 Å². The normalized spacial score (nSPS) is 10.3. The molecule has 1 aromatic carbocycles. The lowest BCUT2D eigenvalue weighted by Crippen LogP contribution is -2.07. The zero-order valence-electron chi connectivity index (χ0n) is 14.4. The second-order valence-corrected chi connectivity index (χ2v) is 5.74. The Balaban J connectivity index is 1.83. The molecule has 2 heterocycles. The number of hydrogen-bond acceptors (Lipinski definition) is 8. The quantitative estimate of drug-likeness (QED) is 0.434. The van der Waals surface area contributed by atoms with Crippen molar-refractivity contribution >= 4 is 46.3 Å². The van der Waals surface area contributed by atoms with Crippen LogP contribution in [-0.4, -0.2) is 27.5 Å². The maximum atomic E-state index is 11.9. The van der Waals surface area contributed by atoms with Crippen LogP contribution in [0.25, 0.3) is 0 Å². The molecule has 3 aromatic rings. The Bertz CT molecular complexity index is 966. The van der Waals surface area contributed by atoms with Crippen LogP contribution in [0.3, 0.4) is 0 Å². The Morgan fingerprint density at radius 2 is 1.93 bits per heavy atom. The maximum Gasteiger partial charge on any atom is 0.338 e. The number of anilines is 5. The van der Waals surface area contributed by atoms with Gasteiger partial charge in [0, 0.05) is 11.9 Å². The van der Waals surface area contributed by atoms with Gasteiger partial charge in [-0.15, -0.1) is 0 Å². The number of nitrogens with two attached hydrogens (primary N) is 1. The van der Waals surface area contributed by atoms with Crippen LogP contribution < -0.4 is 16.4 Å². The lowest BCUT2D eigenvalue weighted by molar-refractivity contribution is 0.0526. The first-order valence-corrected chi connectivity index (χ1v) is 8.48. The Morgan fingerprint density at radius 1 is 1.15 bits per heavy atom. The van der Waals surface area contributed by atoms with E-state index in [1.807, 2.05) is 0 Å². The maximum absolute atomic E-state index is 11.9. The number of pyridine rings is 1. The van der Waals surface area contributed by atoms with Crippen molar-refractivity contribution in [3.8, 4) is 0 Å². The number of carbonyl (C=O) groups excluding carboxylic acids is 1. The summed E-state index contributed by atoms with van der Waals surface area (Å²) in [4.78, 5) is 24.2.